The van der Waals surface area contributed by atoms with Gasteiger partial charge >= 0.3 is 0 Å². The Balaban J connectivity index is 1.97. The second-order valence-electron chi connectivity index (χ2n) is 6.65. The highest BCUT2D eigenvalue weighted by Gasteiger charge is 2.27. The van der Waals surface area contributed by atoms with Crippen molar-refractivity contribution >= 4 is 20.7 Å². The van der Waals surface area contributed by atoms with Gasteiger partial charge in [-0.15, -0.1) is 0 Å². The van der Waals surface area contributed by atoms with Crippen LogP contribution in [0, 0.1) is 0 Å². The molecule has 154 valence electrons. The highest BCUT2D eigenvalue weighted by atomic mass is 32.2. The van der Waals surface area contributed by atoms with Crippen molar-refractivity contribution in [1.29, 1.82) is 0 Å². The fourth-order valence-electron chi connectivity index (χ4n) is 3.39. The molecule has 0 aliphatic heterocycles. The van der Waals surface area contributed by atoms with E-state index in [2.05, 4.69) is 4.98 Å². The number of H-pyrrole nitrogens is 1. The minimum atomic E-state index is -3.82. The highest BCUT2D eigenvalue weighted by Crippen LogP contribution is 2.39. The Morgan fingerprint density at radius 1 is 0.700 bits per heavy atom. The third-order valence-corrected chi connectivity index (χ3v) is 6.83. The van der Waals surface area contributed by atoms with Crippen LogP contribution in [0.3, 0.4) is 0 Å². The molecule has 0 spiro atoms. The molecular formula is C23H21NO5S. The van der Waals surface area contributed by atoms with Gasteiger partial charge in [-0.25, -0.2) is 8.42 Å². The maximum atomic E-state index is 13.7. The second-order valence-corrected chi connectivity index (χ2v) is 8.53. The molecule has 0 radical (unpaired) electrons. The summed E-state index contributed by atoms with van der Waals surface area (Å²) < 4.78 is 43.0. The van der Waals surface area contributed by atoms with Gasteiger partial charge in [0.15, 0.2) is 0 Å². The average Bonchev–Trinajstić information content (AvgIpc) is 3.18. The van der Waals surface area contributed by atoms with E-state index < -0.39 is 9.84 Å². The molecule has 6 nitrogen and oxygen atoms in total. The van der Waals surface area contributed by atoms with Gasteiger partial charge in [0.05, 0.1) is 37.4 Å². The molecule has 4 rings (SSSR count). The van der Waals surface area contributed by atoms with E-state index in [-0.39, 0.29) is 9.79 Å². The Hall–Kier alpha value is -3.45. The van der Waals surface area contributed by atoms with Crippen molar-refractivity contribution in [3.63, 3.8) is 0 Å². The standard InChI is InChI=1S/C23H21NO5S/c1-27-16-6-4-15(5-7-16)22-23(20-13-10-18(29-3)14-21(20)24-22)30(25,26)19-11-8-17(28-2)9-12-19/h4-14,24H,1-3H3. The van der Waals surface area contributed by atoms with E-state index in [9.17, 15) is 8.42 Å². The molecule has 1 N–H and O–H groups in total. The van der Waals surface area contributed by atoms with E-state index in [0.29, 0.717) is 33.8 Å². The highest BCUT2D eigenvalue weighted by molar-refractivity contribution is 7.91. The van der Waals surface area contributed by atoms with Crippen LogP contribution in [0.1, 0.15) is 0 Å². The minimum Gasteiger partial charge on any atom is -0.497 e. The lowest BCUT2D eigenvalue weighted by atomic mass is 10.1. The Labute approximate surface area is 174 Å². The molecule has 0 saturated heterocycles. The lowest BCUT2D eigenvalue weighted by Gasteiger charge is -2.09. The molecule has 30 heavy (non-hydrogen) atoms. The first kappa shape index (κ1) is 19.8. The van der Waals surface area contributed by atoms with Crippen LogP contribution in [0.25, 0.3) is 22.2 Å². The molecule has 0 amide bonds. The van der Waals surface area contributed by atoms with E-state index in [4.69, 9.17) is 14.2 Å². The first-order valence-electron chi connectivity index (χ1n) is 9.21. The van der Waals surface area contributed by atoms with Crippen LogP contribution in [-0.4, -0.2) is 34.7 Å². The van der Waals surface area contributed by atoms with Gasteiger partial charge in [-0.1, -0.05) is 0 Å². The molecule has 0 bridgehead atoms. The summed E-state index contributed by atoms with van der Waals surface area (Å²) in [4.78, 5) is 3.67. The maximum absolute atomic E-state index is 13.7. The predicted octanol–water partition coefficient (Wildman–Crippen LogP) is 4.69. The van der Waals surface area contributed by atoms with E-state index in [1.54, 1.807) is 75.9 Å². The minimum absolute atomic E-state index is 0.190. The Morgan fingerprint density at radius 3 is 1.80 bits per heavy atom. The number of rotatable bonds is 6. The van der Waals surface area contributed by atoms with Crippen molar-refractivity contribution in [1.82, 2.24) is 4.98 Å². The summed E-state index contributed by atoms with van der Waals surface area (Å²) in [6, 6.07) is 18.9. The first-order chi connectivity index (χ1) is 14.5. The zero-order valence-electron chi connectivity index (χ0n) is 16.8. The monoisotopic (exact) mass is 423 g/mol. The molecule has 0 unspecified atom stereocenters. The number of ether oxygens (including phenoxy) is 3. The van der Waals surface area contributed by atoms with Gasteiger partial charge in [0.1, 0.15) is 22.1 Å². The summed E-state index contributed by atoms with van der Waals surface area (Å²) in [5.41, 5.74) is 1.92. The van der Waals surface area contributed by atoms with Gasteiger partial charge in [-0.2, -0.15) is 0 Å². The molecule has 3 aromatic carbocycles. The zero-order valence-corrected chi connectivity index (χ0v) is 17.6. The Kier molecular flexibility index (Phi) is 5.13. The molecule has 4 aromatic rings. The number of nitrogens with one attached hydrogen (secondary N) is 1. The van der Waals surface area contributed by atoms with Crippen molar-refractivity contribution < 1.29 is 22.6 Å². The Morgan fingerprint density at radius 2 is 1.23 bits per heavy atom. The van der Waals surface area contributed by atoms with Crippen LogP contribution in [0.2, 0.25) is 0 Å². The molecule has 1 aromatic heterocycles. The van der Waals surface area contributed by atoms with Crippen molar-refractivity contribution in [3.05, 3.63) is 66.7 Å². The van der Waals surface area contributed by atoms with Crippen LogP contribution in [0.4, 0.5) is 0 Å². The summed E-state index contributed by atoms with van der Waals surface area (Å²) >= 11 is 0. The van der Waals surface area contributed by atoms with Crippen molar-refractivity contribution in [3.8, 4) is 28.5 Å². The first-order valence-corrected chi connectivity index (χ1v) is 10.7. The fraction of sp³-hybridized carbons (Fsp3) is 0.130. The van der Waals surface area contributed by atoms with Crippen LogP contribution in [0.5, 0.6) is 17.2 Å². The van der Waals surface area contributed by atoms with Crippen LogP contribution < -0.4 is 14.2 Å². The lowest BCUT2D eigenvalue weighted by molar-refractivity contribution is 0.414. The zero-order chi connectivity index (χ0) is 21.3. The van der Waals surface area contributed by atoms with Gasteiger partial charge in [0.2, 0.25) is 9.84 Å². The number of aromatic amines is 1. The quantitative estimate of drug-likeness (QED) is 0.487. The normalized spacial score (nSPS) is 11.4. The molecule has 1 heterocycles. The summed E-state index contributed by atoms with van der Waals surface area (Å²) in [5.74, 6) is 1.92. The SMILES string of the molecule is COc1ccc(-c2[nH]c3cc(OC)ccc3c2S(=O)(=O)c2ccc(OC)cc2)cc1. The number of hydrogen-bond acceptors (Lipinski definition) is 5. The van der Waals surface area contributed by atoms with Gasteiger partial charge in [-0.05, 0) is 66.2 Å². The summed E-state index contributed by atoms with van der Waals surface area (Å²) in [5, 5.41) is 0.595. The molecule has 0 aliphatic rings. The molecule has 0 aliphatic carbocycles. The van der Waals surface area contributed by atoms with E-state index in [1.807, 2.05) is 12.1 Å². The third kappa shape index (κ3) is 3.37. The second kappa shape index (κ2) is 7.76. The molecule has 0 atom stereocenters. The van der Waals surface area contributed by atoms with Crippen LogP contribution >= 0.6 is 0 Å². The van der Waals surface area contributed by atoms with Gasteiger partial charge in [0, 0.05) is 11.5 Å². The molecule has 7 heteroatoms. The number of sulfone groups is 1. The van der Waals surface area contributed by atoms with Crippen molar-refractivity contribution in [2.24, 2.45) is 0 Å². The van der Waals surface area contributed by atoms with E-state index in [0.717, 1.165) is 5.56 Å². The van der Waals surface area contributed by atoms with Crippen LogP contribution in [0.15, 0.2) is 76.5 Å². The average molecular weight is 423 g/mol. The van der Waals surface area contributed by atoms with E-state index in [1.165, 1.54) is 0 Å². The van der Waals surface area contributed by atoms with Gasteiger partial charge in [0.25, 0.3) is 0 Å². The molecular weight excluding hydrogens is 402 g/mol. The number of aromatic nitrogens is 1. The van der Waals surface area contributed by atoms with E-state index >= 15 is 0 Å². The summed E-state index contributed by atoms with van der Waals surface area (Å²) in [6.07, 6.45) is 0. The largest absolute Gasteiger partial charge is 0.497 e. The predicted molar refractivity (Wildman–Crippen MR) is 115 cm³/mol. The van der Waals surface area contributed by atoms with Crippen molar-refractivity contribution in [2.45, 2.75) is 9.79 Å². The maximum Gasteiger partial charge on any atom is 0.209 e. The number of fused-ring (bicyclic) bond motifs is 1. The summed E-state index contributed by atoms with van der Waals surface area (Å²) in [7, 11) is 0.880. The molecule has 0 fully saturated rings. The fourth-order valence-corrected chi connectivity index (χ4v) is 5.03. The number of hydrogen-bond donors (Lipinski definition) is 1. The van der Waals surface area contributed by atoms with Crippen molar-refractivity contribution in [2.75, 3.05) is 21.3 Å². The smallest absolute Gasteiger partial charge is 0.209 e. The molecule has 0 saturated carbocycles. The lowest BCUT2D eigenvalue weighted by Crippen LogP contribution is -2.03. The van der Waals surface area contributed by atoms with Gasteiger partial charge in [-0.3, -0.25) is 0 Å². The number of benzene rings is 3. The topological polar surface area (TPSA) is 77.6 Å². The number of methoxy groups -OCH3 is 3. The van der Waals surface area contributed by atoms with Crippen LogP contribution in [-0.2, 0) is 9.84 Å². The Bertz CT molecular complexity index is 1290. The van der Waals surface area contributed by atoms with Gasteiger partial charge < -0.3 is 19.2 Å². The third-order valence-electron chi connectivity index (χ3n) is 4.98. The summed E-state index contributed by atoms with van der Waals surface area (Å²) in [6.45, 7) is 0.